The number of unbranched alkanes of at least 4 members (excludes halogenated alkanes) is 9. The lowest BCUT2D eigenvalue weighted by Crippen LogP contribution is -2.37. The van der Waals surface area contributed by atoms with Gasteiger partial charge in [0, 0.05) is 6.61 Å². The molecule has 0 fully saturated rings. The molecule has 0 heterocycles. The molecule has 0 radical (unpaired) electrons. The second kappa shape index (κ2) is 14.5. The van der Waals surface area contributed by atoms with Gasteiger partial charge in [-0.25, -0.2) is 0 Å². The van der Waals surface area contributed by atoms with Crippen LogP contribution in [0.4, 0.5) is 0 Å². The summed E-state index contributed by atoms with van der Waals surface area (Å²) in [5.41, 5.74) is 0. The van der Waals surface area contributed by atoms with Crippen molar-refractivity contribution in [3.05, 3.63) is 0 Å². The van der Waals surface area contributed by atoms with E-state index in [1.165, 1.54) is 58.3 Å². The van der Waals surface area contributed by atoms with Gasteiger partial charge in [-0.15, -0.1) is 0 Å². The lowest BCUT2D eigenvalue weighted by Gasteiger charge is -2.19. The topological polar surface area (TPSA) is 66.8 Å². The van der Waals surface area contributed by atoms with Crippen LogP contribution >= 0.6 is 0 Å². The number of carbonyl (C=O) groups excluding carboxylic acids is 1. The van der Waals surface area contributed by atoms with Crippen LogP contribution in [0.1, 0.15) is 78.1 Å². The fraction of sp³-hybridized carbons (Fsp3) is 0.941. The standard InChI is InChI=1S/C17H34O4/c1-3-4-5-6-7-8-9-10-11-12-13-21-17(15(2)19)16(20)14-18/h16-18,20H,3-14H2,1-2H3. The summed E-state index contributed by atoms with van der Waals surface area (Å²) < 4.78 is 5.37. The Balaban J connectivity index is 3.40. The van der Waals surface area contributed by atoms with E-state index in [4.69, 9.17) is 9.84 Å². The molecule has 0 bridgehead atoms. The second-order valence-corrected chi connectivity index (χ2v) is 5.83. The van der Waals surface area contributed by atoms with Gasteiger partial charge in [0.05, 0.1) is 6.61 Å². The Morgan fingerprint density at radius 2 is 1.43 bits per heavy atom. The summed E-state index contributed by atoms with van der Waals surface area (Å²) in [6, 6.07) is 0. The van der Waals surface area contributed by atoms with Gasteiger partial charge in [0.2, 0.25) is 0 Å². The molecular weight excluding hydrogens is 268 g/mol. The van der Waals surface area contributed by atoms with Gasteiger partial charge in [-0.05, 0) is 13.3 Å². The van der Waals surface area contributed by atoms with Gasteiger partial charge in [0.25, 0.3) is 0 Å². The van der Waals surface area contributed by atoms with Crippen molar-refractivity contribution in [1.29, 1.82) is 0 Å². The number of rotatable bonds is 15. The normalized spacial score (nSPS) is 14.1. The van der Waals surface area contributed by atoms with Crippen molar-refractivity contribution >= 4 is 5.78 Å². The molecule has 21 heavy (non-hydrogen) atoms. The van der Waals surface area contributed by atoms with E-state index in [-0.39, 0.29) is 5.78 Å². The van der Waals surface area contributed by atoms with Crippen molar-refractivity contribution in [3.63, 3.8) is 0 Å². The quantitative estimate of drug-likeness (QED) is 0.456. The number of carbonyl (C=O) groups is 1. The average molecular weight is 302 g/mol. The predicted molar refractivity (Wildman–Crippen MR) is 85.4 cm³/mol. The molecule has 4 heteroatoms. The lowest BCUT2D eigenvalue weighted by molar-refractivity contribution is -0.138. The molecule has 0 saturated heterocycles. The van der Waals surface area contributed by atoms with Crippen LogP contribution < -0.4 is 0 Å². The Kier molecular flexibility index (Phi) is 14.2. The third-order valence-electron chi connectivity index (χ3n) is 3.73. The maximum absolute atomic E-state index is 11.3. The number of hydrogen-bond donors (Lipinski definition) is 2. The van der Waals surface area contributed by atoms with Gasteiger partial charge < -0.3 is 14.9 Å². The summed E-state index contributed by atoms with van der Waals surface area (Å²) in [6.45, 7) is 3.64. The van der Waals surface area contributed by atoms with Crippen molar-refractivity contribution in [2.75, 3.05) is 13.2 Å². The lowest BCUT2D eigenvalue weighted by atomic mass is 10.1. The Hall–Kier alpha value is -0.450. The van der Waals surface area contributed by atoms with Gasteiger partial charge >= 0.3 is 0 Å². The summed E-state index contributed by atoms with van der Waals surface area (Å²) in [5, 5.41) is 18.3. The zero-order valence-electron chi connectivity index (χ0n) is 13.9. The highest BCUT2D eigenvalue weighted by molar-refractivity contribution is 5.81. The van der Waals surface area contributed by atoms with Gasteiger partial charge in [-0.2, -0.15) is 0 Å². The molecule has 126 valence electrons. The first-order valence-electron chi connectivity index (χ1n) is 8.54. The van der Waals surface area contributed by atoms with Crippen LogP contribution in [-0.2, 0) is 9.53 Å². The number of ether oxygens (including phenoxy) is 1. The molecule has 0 aromatic carbocycles. The van der Waals surface area contributed by atoms with E-state index in [0.29, 0.717) is 6.61 Å². The summed E-state index contributed by atoms with van der Waals surface area (Å²) >= 11 is 0. The molecule has 0 aliphatic carbocycles. The smallest absolute Gasteiger partial charge is 0.161 e. The summed E-state index contributed by atoms with van der Waals surface area (Å²) in [6.07, 6.45) is 10.5. The van der Waals surface area contributed by atoms with E-state index in [0.717, 1.165) is 12.8 Å². The van der Waals surface area contributed by atoms with E-state index >= 15 is 0 Å². The molecule has 0 spiro atoms. The zero-order valence-corrected chi connectivity index (χ0v) is 13.9. The largest absolute Gasteiger partial charge is 0.394 e. The van der Waals surface area contributed by atoms with Gasteiger partial charge in [-0.3, -0.25) is 4.79 Å². The fourth-order valence-corrected chi connectivity index (χ4v) is 2.39. The monoisotopic (exact) mass is 302 g/mol. The van der Waals surface area contributed by atoms with Crippen LogP contribution in [0.15, 0.2) is 0 Å². The van der Waals surface area contributed by atoms with Crippen LogP contribution in [0, 0.1) is 0 Å². The van der Waals surface area contributed by atoms with Crippen molar-refractivity contribution in [2.45, 2.75) is 90.3 Å². The summed E-state index contributed by atoms with van der Waals surface area (Å²) in [7, 11) is 0. The molecule has 2 N–H and O–H groups in total. The minimum Gasteiger partial charge on any atom is -0.394 e. The molecule has 0 aromatic rings. The van der Waals surface area contributed by atoms with Crippen molar-refractivity contribution < 1.29 is 19.7 Å². The number of Topliss-reactive ketones (excluding diaryl/α,β-unsaturated/α-hetero) is 1. The Labute approximate surface area is 129 Å². The van der Waals surface area contributed by atoms with Crippen LogP contribution in [0.2, 0.25) is 0 Å². The highest BCUT2D eigenvalue weighted by atomic mass is 16.5. The third-order valence-corrected chi connectivity index (χ3v) is 3.73. The Morgan fingerprint density at radius 1 is 0.952 bits per heavy atom. The molecule has 0 amide bonds. The summed E-state index contributed by atoms with van der Waals surface area (Å²) in [5.74, 6) is -0.233. The number of aliphatic hydroxyl groups is 2. The van der Waals surface area contributed by atoms with Crippen LogP contribution in [0.3, 0.4) is 0 Å². The highest BCUT2D eigenvalue weighted by Gasteiger charge is 2.23. The molecule has 0 rings (SSSR count). The maximum atomic E-state index is 11.3. The van der Waals surface area contributed by atoms with Crippen LogP contribution in [-0.4, -0.2) is 41.4 Å². The highest BCUT2D eigenvalue weighted by Crippen LogP contribution is 2.11. The fourth-order valence-electron chi connectivity index (χ4n) is 2.39. The first kappa shape index (κ1) is 20.6. The van der Waals surface area contributed by atoms with E-state index in [2.05, 4.69) is 6.92 Å². The van der Waals surface area contributed by atoms with E-state index in [1.807, 2.05) is 0 Å². The molecule has 2 unspecified atom stereocenters. The van der Waals surface area contributed by atoms with Crippen molar-refractivity contribution in [2.24, 2.45) is 0 Å². The van der Waals surface area contributed by atoms with Crippen LogP contribution in [0.25, 0.3) is 0 Å². The molecule has 0 saturated carbocycles. The van der Waals surface area contributed by atoms with E-state index in [1.54, 1.807) is 0 Å². The Morgan fingerprint density at radius 3 is 1.86 bits per heavy atom. The first-order valence-corrected chi connectivity index (χ1v) is 8.54. The van der Waals surface area contributed by atoms with Crippen molar-refractivity contribution in [1.82, 2.24) is 0 Å². The van der Waals surface area contributed by atoms with E-state index in [9.17, 15) is 9.90 Å². The number of hydrogen-bond acceptors (Lipinski definition) is 4. The molecular formula is C17H34O4. The molecule has 0 aromatic heterocycles. The molecule has 0 aliphatic rings. The average Bonchev–Trinajstić information content (AvgIpc) is 2.47. The molecule has 4 nitrogen and oxygen atoms in total. The minimum atomic E-state index is -1.11. The summed E-state index contributed by atoms with van der Waals surface area (Å²) in [4.78, 5) is 11.3. The van der Waals surface area contributed by atoms with Gasteiger partial charge in [0.15, 0.2) is 5.78 Å². The van der Waals surface area contributed by atoms with Gasteiger partial charge in [0.1, 0.15) is 12.2 Å². The first-order chi connectivity index (χ1) is 10.1. The molecule has 2 atom stereocenters. The maximum Gasteiger partial charge on any atom is 0.161 e. The zero-order chi connectivity index (χ0) is 15.9. The SMILES string of the molecule is CCCCCCCCCCCCOC(C(C)=O)C(O)CO. The Bertz CT molecular complexity index is 243. The molecule has 0 aliphatic heterocycles. The van der Waals surface area contributed by atoms with Crippen molar-refractivity contribution in [3.8, 4) is 0 Å². The third kappa shape index (κ3) is 11.8. The minimum absolute atomic E-state index is 0.233. The number of aliphatic hydroxyl groups excluding tert-OH is 2. The second-order valence-electron chi connectivity index (χ2n) is 5.83. The number of ketones is 1. The predicted octanol–water partition coefficient (Wildman–Crippen LogP) is 3.23. The van der Waals surface area contributed by atoms with Gasteiger partial charge in [-0.1, -0.05) is 64.7 Å². The van der Waals surface area contributed by atoms with E-state index < -0.39 is 18.8 Å². The van der Waals surface area contributed by atoms with Crippen LogP contribution in [0.5, 0.6) is 0 Å².